The molecule has 0 aromatic carbocycles. The molecule has 1 fully saturated rings. The van der Waals surface area contributed by atoms with Crippen LogP contribution in [0.4, 0.5) is 0 Å². The molecule has 1 rings (SSSR count). The third-order valence-electron chi connectivity index (χ3n) is 8.26. The van der Waals surface area contributed by atoms with Crippen LogP contribution < -0.4 is 0 Å². The zero-order valence-electron chi connectivity index (χ0n) is 23.6. The van der Waals surface area contributed by atoms with Gasteiger partial charge in [-0.25, -0.2) is 0 Å². The molecule has 3 unspecified atom stereocenters. The summed E-state index contributed by atoms with van der Waals surface area (Å²) in [6.45, 7) is 6.33. The third-order valence-corrected chi connectivity index (χ3v) is 8.26. The van der Waals surface area contributed by atoms with E-state index >= 15 is 0 Å². The van der Waals surface area contributed by atoms with Crippen molar-refractivity contribution >= 4 is 11.9 Å². The molecule has 206 valence electrons. The first-order valence-electron chi connectivity index (χ1n) is 15.4. The van der Waals surface area contributed by atoms with E-state index in [2.05, 4.69) is 13.8 Å². The molecule has 1 N–H and O–H groups in total. The molecule has 0 spiro atoms. The summed E-state index contributed by atoms with van der Waals surface area (Å²) in [6, 6.07) is 0. The fourth-order valence-corrected chi connectivity index (χ4v) is 5.71. The number of hydrogen-bond acceptors (Lipinski definition) is 3. The van der Waals surface area contributed by atoms with Gasteiger partial charge in [-0.15, -0.1) is 0 Å². The summed E-state index contributed by atoms with van der Waals surface area (Å²) in [5, 5.41) is 9.71. The second kappa shape index (κ2) is 20.0. The van der Waals surface area contributed by atoms with E-state index in [0.717, 1.165) is 38.5 Å². The first-order valence-corrected chi connectivity index (χ1v) is 15.4. The first kappa shape index (κ1) is 32.0. The number of aliphatic carboxylic acids is 1. The number of esters is 1. The van der Waals surface area contributed by atoms with Gasteiger partial charge in [-0.3, -0.25) is 9.59 Å². The fraction of sp³-hybridized carbons (Fsp3) is 0.935. The maximum atomic E-state index is 13.2. The average Bonchev–Trinajstić information content (AvgIpc) is 2.84. The smallest absolute Gasteiger partial charge is 0.312 e. The van der Waals surface area contributed by atoms with Gasteiger partial charge in [0.2, 0.25) is 0 Å². The number of hydrogen-bond donors (Lipinski definition) is 1. The van der Waals surface area contributed by atoms with Crippen molar-refractivity contribution in [3.8, 4) is 0 Å². The molecular weight excluding hydrogens is 436 g/mol. The van der Waals surface area contributed by atoms with Gasteiger partial charge in [0.15, 0.2) is 0 Å². The van der Waals surface area contributed by atoms with Crippen molar-refractivity contribution in [2.24, 2.45) is 11.3 Å². The summed E-state index contributed by atoms with van der Waals surface area (Å²) >= 11 is 0. The highest BCUT2D eigenvalue weighted by Crippen LogP contribution is 2.42. The van der Waals surface area contributed by atoms with E-state index < -0.39 is 17.3 Å². The van der Waals surface area contributed by atoms with E-state index in [9.17, 15) is 14.7 Å². The van der Waals surface area contributed by atoms with Crippen LogP contribution in [0.25, 0.3) is 0 Å². The summed E-state index contributed by atoms with van der Waals surface area (Å²) in [5.74, 6) is -1.72. The van der Waals surface area contributed by atoms with Gasteiger partial charge in [-0.1, -0.05) is 123 Å². The Labute approximate surface area is 217 Å². The Morgan fingerprint density at radius 3 is 1.60 bits per heavy atom. The second-order valence-corrected chi connectivity index (χ2v) is 11.5. The van der Waals surface area contributed by atoms with Gasteiger partial charge >= 0.3 is 11.9 Å². The van der Waals surface area contributed by atoms with Crippen LogP contribution in [0.3, 0.4) is 0 Å². The molecule has 35 heavy (non-hydrogen) atoms. The lowest BCUT2D eigenvalue weighted by Gasteiger charge is -2.37. The minimum absolute atomic E-state index is 0.0552. The van der Waals surface area contributed by atoms with Crippen molar-refractivity contribution in [3.05, 3.63) is 0 Å². The van der Waals surface area contributed by atoms with Gasteiger partial charge in [0, 0.05) is 0 Å². The highest BCUT2D eigenvalue weighted by atomic mass is 16.5. The van der Waals surface area contributed by atoms with Gasteiger partial charge in [0.05, 0.1) is 11.3 Å². The minimum atomic E-state index is -0.874. The summed E-state index contributed by atoms with van der Waals surface area (Å²) in [5.41, 5.74) is -0.874. The molecule has 3 atom stereocenters. The van der Waals surface area contributed by atoms with Crippen LogP contribution in [0.15, 0.2) is 0 Å². The number of carboxylic acids is 1. The van der Waals surface area contributed by atoms with E-state index in [-0.39, 0.29) is 12.1 Å². The van der Waals surface area contributed by atoms with Crippen LogP contribution in [-0.2, 0) is 14.3 Å². The standard InChI is InChI=1S/C31H58O4/c1-4-6-8-10-12-13-14-15-16-18-20-24-27(23-19-17-11-9-7-5-2)35-30(34)31(3)26-22-21-25-28(31)29(32)33/h27-28H,4-26H2,1-3H3,(H,32,33). The number of carbonyl (C=O) groups is 2. The Kier molecular flexibility index (Phi) is 18.3. The highest BCUT2D eigenvalue weighted by molar-refractivity contribution is 5.84. The van der Waals surface area contributed by atoms with E-state index in [0.29, 0.717) is 12.8 Å². The maximum absolute atomic E-state index is 13.2. The molecule has 1 aliphatic carbocycles. The van der Waals surface area contributed by atoms with Crippen LogP contribution in [-0.4, -0.2) is 23.1 Å². The fourth-order valence-electron chi connectivity index (χ4n) is 5.71. The topological polar surface area (TPSA) is 63.6 Å². The molecule has 0 saturated heterocycles. The van der Waals surface area contributed by atoms with Crippen LogP contribution in [0.5, 0.6) is 0 Å². The number of rotatable bonds is 22. The number of carboxylic acid groups (broad SMARTS) is 1. The lowest BCUT2D eigenvalue weighted by atomic mass is 9.67. The molecule has 4 heteroatoms. The van der Waals surface area contributed by atoms with Crippen molar-refractivity contribution in [2.75, 3.05) is 0 Å². The molecule has 1 saturated carbocycles. The number of unbranched alkanes of at least 4 members (excludes halogenated alkanes) is 15. The predicted molar refractivity (Wildman–Crippen MR) is 147 cm³/mol. The number of carbonyl (C=O) groups excluding carboxylic acids is 1. The minimum Gasteiger partial charge on any atom is -0.481 e. The zero-order valence-corrected chi connectivity index (χ0v) is 23.6. The number of ether oxygens (including phenoxy) is 1. The molecule has 0 bridgehead atoms. The second-order valence-electron chi connectivity index (χ2n) is 11.5. The lowest BCUT2D eigenvalue weighted by Crippen LogP contribution is -2.44. The molecule has 4 nitrogen and oxygen atoms in total. The molecule has 0 amide bonds. The summed E-state index contributed by atoms with van der Waals surface area (Å²) in [6.07, 6.45) is 26.6. The third kappa shape index (κ3) is 13.7. The Bertz CT molecular complexity index is 546. The quantitative estimate of drug-likeness (QED) is 0.120. The zero-order chi connectivity index (χ0) is 25.8. The molecular formula is C31H58O4. The Morgan fingerprint density at radius 2 is 1.17 bits per heavy atom. The van der Waals surface area contributed by atoms with Gasteiger partial charge in [-0.05, 0) is 45.4 Å². The van der Waals surface area contributed by atoms with Crippen molar-refractivity contribution in [1.82, 2.24) is 0 Å². The summed E-state index contributed by atoms with van der Waals surface area (Å²) in [7, 11) is 0. The summed E-state index contributed by atoms with van der Waals surface area (Å²) in [4.78, 5) is 25.1. The molecule has 0 heterocycles. The largest absolute Gasteiger partial charge is 0.481 e. The lowest BCUT2D eigenvalue weighted by molar-refractivity contribution is -0.174. The molecule has 0 aliphatic heterocycles. The monoisotopic (exact) mass is 494 g/mol. The van der Waals surface area contributed by atoms with Gasteiger partial charge in [-0.2, -0.15) is 0 Å². The van der Waals surface area contributed by atoms with Crippen LogP contribution in [0.1, 0.15) is 168 Å². The molecule has 1 aliphatic rings. The van der Waals surface area contributed by atoms with Crippen molar-refractivity contribution in [1.29, 1.82) is 0 Å². The maximum Gasteiger partial charge on any atom is 0.312 e. The van der Waals surface area contributed by atoms with E-state index in [4.69, 9.17) is 4.74 Å². The molecule has 0 radical (unpaired) electrons. The highest BCUT2D eigenvalue weighted by Gasteiger charge is 2.48. The Morgan fingerprint density at radius 1 is 0.743 bits per heavy atom. The van der Waals surface area contributed by atoms with Gasteiger partial charge in [0.1, 0.15) is 6.10 Å². The van der Waals surface area contributed by atoms with Gasteiger partial charge in [0.25, 0.3) is 0 Å². The molecule has 0 aromatic rings. The van der Waals surface area contributed by atoms with Crippen LogP contribution >= 0.6 is 0 Å². The van der Waals surface area contributed by atoms with Crippen molar-refractivity contribution < 1.29 is 19.4 Å². The predicted octanol–water partition coefficient (Wildman–Crippen LogP) is 9.63. The average molecular weight is 495 g/mol. The van der Waals surface area contributed by atoms with E-state index in [1.54, 1.807) is 0 Å². The van der Waals surface area contributed by atoms with E-state index in [1.165, 1.54) is 96.3 Å². The summed E-state index contributed by atoms with van der Waals surface area (Å²) < 4.78 is 6.09. The van der Waals surface area contributed by atoms with Gasteiger partial charge < -0.3 is 9.84 Å². The normalized spacial score (nSPS) is 21.1. The van der Waals surface area contributed by atoms with Crippen LogP contribution in [0.2, 0.25) is 0 Å². The van der Waals surface area contributed by atoms with Crippen molar-refractivity contribution in [3.63, 3.8) is 0 Å². The van der Waals surface area contributed by atoms with Crippen molar-refractivity contribution in [2.45, 2.75) is 175 Å². The Hall–Kier alpha value is -1.06. The van der Waals surface area contributed by atoms with E-state index in [1.807, 2.05) is 6.92 Å². The molecule has 0 aromatic heterocycles. The first-order chi connectivity index (χ1) is 17.0. The Balaban J connectivity index is 2.43. The van der Waals surface area contributed by atoms with Crippen LogP contribution in [0, 0.1) is 11.3 Å². The SMILES string of the molecule is CCCCCCCCCCCCCC(CCCCCCCC)OC(=O)C1(C)CCCCC1C(=O)O.